The van der Waals surface area contributed by atoms with Crippen molar-refractivity contribution in [2.75, 3.05) is 34.0 Å². The van der Waals surface area contributed by atoms with Gasteiger partial charge in [-0.1, -0.05) is 0 Å². The van der Waals surface area contributed by atoms with Crippen LogP contribution in [0.3, 0.4) is 0 Å². The van der Waals surface area contributed by atoms with Gasteiger partial charge in [-0.3, -0.25) is 0 Å². The normalized spacial score (nSPS) is 12.8. The Kier molecular flexibility index (Phi) is 7.27. The molecular formula is C14H23N3O3. The van der Waals surface area contributed by atoms with Crippen LogP contribution in [0.4, 0.5) is 0 Å². The third-order valence-electron chi connectivity index (χ3n) is 2.51. The van der Waals surface area contributed by atoms with E-state index in [9.17, 15) is 0 Å². The van der Waals surface area contributed by atoms with Gasteiger partial charge in [-0.05, 0) is 31.2 Å². The van der Waals surface area contributed by atoms with E-state index in [1.165, 1.54) is 0 Å². The summed E-state index contributed by atoms with van der Waals surface area (Å²) in [5.41, 5.74) is 5.73. The van der Waals surface area contributed by atoms with Gasteiger partial charge in [0.05, 0.1) is 20.3 Å². The lowest BCUT2D eigenvalue weighted by molar-refractivity contribution is 0.179. The molecule has 0 amide bonds. The Labute approximate surface area is 119 Å². The van der Waals surface area contributed by atoms with Crippen LogP contribution in [0.25, 0.3) is 0 Å². The van der Waals surface area contributed by atoms with Crippen molar-refractivity contribution in [2.45, 2.75) is 13.0 Å². The summed E-state index contributed by atoms with van der Waals surface area (Å²) in [6, 6.07) is 7.53. The monoisotopic (exact) mass is 281 g/mol. The molecule has 0 saturated heterocycles. The molecule has 6 heteroatoms. The van der Waals surface area contributed by atoms with Gasteiger partial charge in [-0.25, -0.2) is 4.99 Å². The van der Waals surface area contributed by atoms with E-state index in [-0.39, 0.29) is 6.04 Å². The molecule has 0 heterocycles. The highest BCUT2D eigenvalue weighted by atomic mass is 16.5. The molecule has 1 aromatic rings. The molecule has 112 valence electrons. The Hall–Kier alpha value is -1.95. The van der Waals surface area contributed by atoms with E-state index >= 15 is 0 Å². The number of aliphatic imine (C=N–C) groups is 1. The van der Waals surface area contributed by atoms with Gasteiger partial charge in [0.2, 0.25) is 0 Å². The number of nitrogens with two attached hydrogens (primary N) is 1. The van der Waals surface area contributed by atoms with Crippen LogP contribution < -0.4 is 20.5 Å². The molecule has 1 atom stereocenters. The number of hydrogen-bond donors (Lipinski definition) is 2. The number of hydrogen-bond acceptors (Lipinski definition) is 4. The van der Waals surface area contributed by atoms with Crippen molar-refractivity contribution >= 4 is 5.96 Å². The van der Waals surface area contributed by atoms with E-state index in [1.807, 2.05) is 31.2 Å². The van der Waals surface area contributed by atoms with Crippen molar-refractivity contribution in [3.8, 4) is 11.5 Å². The molecule has 0 aliphatic heterocycles. The molecule has 0 bridgehead atoms. The predicted octanol–water partition coefficient (Wildman–Crippen LogP) is 1.01. The van der Waals surface area contributed by atoms with Gasteiger partial charge in [0.25, 0.3) is 0 Å². The lowest BCUT2D eigenvalue weighted by atomic mass is 10.3. The van der Waals surface area contributed by atoms with E-state index < -0.39 is 0 Å². The molecular weight excluding hydrogens is 258 g/mol. The maximum atomic E-state index is 5.73. The molecule has 1 rings (SSSR count). The summed E-state index contributed by atoms with van der Waals surface area (Å²) in [5.74, 6) is 1.98. The summed E-state index contributed by atoms with van der Waals surface area (Å²) in [7, 11) is 3.28. The van der Waals surface area contributed by atoms with Crippen molar-refractivity contribution in [3.63, 3.8) is 0 Å². The van der Waals surface area contributed by atoms with E-state index in [0.717, 1.165) is 11.5 Å². The Bertz CT molecular complexity index is 407. The fourth-order valence-electron chi connectivity index (χ4n) is 1.59. The number of nitrogens with one attached hydrogen (secondary N) is 1. The van der Waals surface area contributed by atoms with Crippen LogP contribution in [0, 0.1) is 0 Å². The highest BCUT2D eigenvalue weighted by molar-refractivity contribution is 5.78. The van der Waals surface area contributed by atoms with E-state index in [0.29, 0.717) is 25.7 Å². The van der Waals surface area contributed by atoms with Crippen LogP contribution in [-0.2, 0) is 4.74 Å². The maximum absolute atomic E-state index is 5.73. The van der Waals surface area contributed by atoms with E-state index in [1.54, 1.807) is 14.2 Å². The zero-order chi connectivity index (χ0) is 14.8. The third-order valence-corrected chi connectivity index (χ3v) is 2.51. The topological polar surface area (TPSA) is 78.1 Å². The van der Waals surface area contributed by atoms with Gasteiger partial charge < -0.3 is 25.3 Å². The lowest BCUT2D eigenvalue weighted by Crippen LogP contribution is -2.40. The summed E-state index contributed by atoms with van der Waals surface area (Å²) in [5, 5.41) is 3.03. The number of guanidine groups is 1. The third kappa shape index (κ3) is 6.29. The molecule has 0 aliphatic rings. The predicted molar refractivity (Wildman–Crippen MR) is 79.5 cm³/mol. The quantitative estimate of drug-likeness (QED) is 0.422. The van der Waals surface area contributed by atoms with Crippen molar-refractivity contribution in [2.24, 2.45) is 10.7 Å². The molecule has 0 aromatic heterocycles. The van der Waals surface area contributed by atoms with Crippen LogP contribution in [0.1, 0.15) is 6.92 Å². The summed E-state index contributed by atoms with van der Waals surface area (Å²) in [4.78, 5) is 4.17. The lowest BCUT2D eigenvalue weighted by Gasteiger charge is -2.13. The Morgan fingerprint density at radius 1 is 1.25 bits per heavy atom. The fraction of sp³-hybridized carbons (Fsp3) is 0.500. The van der Waals surface area contributed by atoms with Crippen LogP contribution in [0.15, 0.2) is 29.3 Å². The first-order valence-corrected chi connectivity index (χ1v) is 6.48. The Balaban J connectivity index is 2.25. The average Bonchev–Trinajstić information content (AvgIpc) is 2.44. The number of methoxy groups -OCH3 is 2. The minimum Gasteiger partial charge on any atom is -0.497 e. The molecule has 1 aromatic carbocycles. The number of rotatable bonds is 8. The number of benzene rings is 1. The second-order valence-corrected chi connectivity index (χ2v) is 4.29. The molecule has 0 fully saturated rings. The highest BCUT2D eigenvalue weighted by Crippen LogP contribution is 2.16. The molecule has 6 nitrogen and oxygen atoms in total. The zero-order valence-electron chi connectivity index (χ0n) is 12.3. The average molecular weight is 281 g/mol. The van der Waals surface area contributed by atoms with Crippen LogP contribution in [-0.4, -0.2) is 46.0 Å². The summed E-state index contributed by atoms with van der Waals surface area (Å²) in [6.07, 6.45) is 0. The van der Waals surface area contributed by atoms with Gasteiger partial charge in [0.15, 0.2) is 5.96 Å². The first kappa shape index (κ1) is 16.1. The molecule has 0 spiro atoms. The van der Waals surface area contributed by atoms with Gasteiger partial charge in [-0.2, -0.15) is 0 Å². The van der Waals surface area contributed by atoms with E-state index in [4.69, 9.17) is 19.9 Å². The van der Waals surface area contributed by atoms with Crippen LogP contribution in [0.2, 0.25) is 0 Å². The molecule has 3 N–H and O–H groups in total. The summed E-state index contributed by atoms with van der Waals surface area (Å²) in [6.45, 7) is 3.51. The molecule has 0 radical (unpaired) electrons. The Morgan fingerprint density at radius 3 is 2.50 bits per heavy atom. The zero-order valence-corrected chi connectivity index (χ0v) is 12.3. The standard InChI is InChI=1S/C14H23N3O3/c1-11(10-18-2)17-14(15)16-8-9-20-13-6-4-12(19-3)5-7-13/h4-7,11H,8-10H2,1-3H3,(H3,15,16,17). The SMILES string of the molecule is COCC(C)NC(N)=NCCOc1ccc(OC)cc1. The smallest absolute Gasteiger partial charge is 0.188 e. The minimum absolute atomic E-state index is 0.131. The van der Waals surface area contributed by atoms with Gasteiger partial charge >= 0.3 is 0 Å². The van der Waals surface area contributed by atoms with Gasteiger partial charge in [0.1, 0.15) is 18.1 Å². The fourth-order valence-corrected chi connectivity index (χ4v) is 1.59. The maximum Gasteiger partial charge on any atom is 0.188 e. The van der Waals surface area contributed by atoms with Crippen LogP contribution >= 0.6 is 0 Å². The summed E-state index contributed by atoms with van der Waals surface area (Å²) < 4.78 is 15.6. The molecule has 0 aliphatic carbocycles. The summed E-state index contributed by atoms with van der Waals surface area (Å²) >= 11 is 0. The van der Waals surface area contributed by atoms with E-state index in [2.05, 4.69) is 10.3 Å². The van der Waals surface area contributed by atoms with Crippen LogP contribution in [0.5, 0.6) is 11.5 Å². The largest absolute Gasteiger partial charge is 0.497 e. The molecule has 0 saturated carbocycles. The van der Waals surface area contributed by atoms with Gasteiger partial charge in [0, 0.05) is 13.2 Å². The van der Waals surface area contributed by atoms with Crippen molar-refractivity contribution in [1.29, 1.82) is 0 Å². The first-order chi connectivity index (χ1) is 9.65. The molecule has 1 unspecified atom stereocenters. The second-order valence-electron chi connectivity index (χ2n) is 4.29. The second kappa shape index (κ2) is 9.03. The number of ether oxygens (including phenoxy) is 3. The molecule has 20 heavy (non-hydrogen) atoms. The minimum atomic E-state index is 0.131. The first-order valence-electron chi connectivity index (χ1n) is 6.48. The number of nitrogens with zero attached hydrogens (tertiary/aromatic N) is 1. The highest BCUT2D eigenvalue weighted by Gasteiger charge is 2.01. The van der Waals surface area contributed by atoms with Gasteiger partial charge in [-0.15, -0.1) is 0 Å². The van der Waals surface area contributed by atoms with Crippen molar-refractivity contribution < 1.29 is 14.2 Å². The Morgan fingerprint density at radius 2 is 1.90 bits per heavy atom. The van der Waals surface area contributed by atoms with Crippen molar-refractivity contribution in [1.82, 2.24) is 5.32 Å². The van der Waals surface area contributed by atoms with Crippen molar-refractivity contribution in [3.05, 3.63) is 24.3 Å².